The van der Waals surface area contributed by atoms with Gasteiger partial charge in [0, 0.05) is 8.95 Å². The van der Waals surface area contributed by atoms with Gasteiger partial charge in [-0.05, 0) is 28.1 Å². The Hall–Kier alpha value is -0.860. The van der Waals surface area contributed by atoms with E-state index in [0.29, 0.717) is 20.1 Å². The standard InChI is InChI=1S/C9H5Br2NO2/c1-14-9(13)7-3-6(10)2-5(4-12)8(7)11/h2-3H,1H3. The van der Waals surface area contributed by atoms with Gasteiger partial charge < -0.3 is 4.74 Å². The van der Waals surface area contributed by atoms with Crippen molar-refractivity contribution in [2.45, 2.75) is 0 Å². The molecule has 0 saturated heterocycles. The molecule has 1 aromatic rings. The summed E-state index contributed by atoms with van der Waals surface area (Å²) in [4.78, 5) is 11.3. The molecule has 0 aliphatic heterocycles. The minimum Gasteiger partial charge on any atom is -0.465 e. The second-order valence-electron chi connectivity index (χ2n) is 2.42. The molecule has 0 atom stereocenters. The largest absolute Gasteiger partial charge is 0.465 e. The number of nitrogens with zero attached hydrogens (tertiary/aromatic N) is 1. The predicted octanol–water partition coefficient (Wildman–Crippen LogP) is 2.87. The third kappa shape index (κ3) is 2.14. The Morgan fingerprint density at radius 3 is 2.64 bits per heavy atom. The van der Waals surface area contributed by atoms with Crippen molar-refractivity contribution in [1.29, 1.82) is 5.26 Å². The maximum Gasteiger partial charge on any atom is 0.339 e. The fourth-order valence-corrected chi connectivity index (χ4v) is 1.87. The number of benzene rings is 1. The molecule has 14 heavy (non-hydrogen) atoms. The second kappa shape index (κ2) is 4.58. The Balaban J connectivity index is 3.38. The zero-order valence-electron chi connectivity index (χ0n) is 7.17. The third-order valence-corrected chi connectivity index (χ3v) is 2.88. The van der Waals surface area contributed by atoms with Gasteiger partial charge in [-0.25, -0.2) is 4.79 Å². The molecule has 0 aliphatic carbocycles. The number of esters is 1. The van der Waals surface area contributed by atoms with Gasteiger partial charge in [0.1, 0.15) is 6.07 Å². The van der Waals surface area contributed by atoms with Crippen LogP contribution in [0, 0.1) is 11.3 Å². The molecule has 0 amide bonds. The van der Waals surface area contributed by atoms with Crippen LogP contribution in [0.1, 0.15) is 15.9 Å². The Labute approximate surface area is 97.9 Å². The smallest absolute Gasteiger partial charge is 0.339 e. The molecular formula is C9H5Br2NO2. The fourth-order valence-electron chi connectivity index (χ4n) is 0.929. The van der Waals surface area contributed by atoms with Crippen LogP contribution in [0.15, 0.2) is 21.1 Å². The zero-order chi connectivity index (χ0) is 10.7. The minimum atomic E-state index is -0.477. The summed E-state index contributed by atoms with van der Waals surface area (Å²) in [5.74, 6) is -0.477. The number of hydrogen-bond donors (Lipinski definition) is 0. The van der Waals surface area contributed by atoms with Crippen LogP contribution >= 0.6 is 31.9 Å². The van der Waals surface area contributed by atoms with E-state index < -0.39 is 5.97 Å². The van der Waals surface area contributed by atoms with Gasteiger partial charge in [-0.3, -0.25) is 0 Å². The summed E-state index contributed by atoms with van der Waals surface area (Å²) in [6.45, 7) is 0. The number of hydrogen-bond acceptors (Lipinski definition) is 3. The van der Waals surface area contributed by atoms with Crippen LogP contribution in [0.25, 0.3) is 0 Å². The summed E-state index contributed by atoms with van der Waals surface area (Å²) in [6, 6.07) is 5.19. The number of carbonyl (C=O) groups is 1. The van der Waals surface area contributed by atoms with Crippen molar-refractivity contribution in [2.75, 3.05) is 7.11 Å². The molecule has 0 saturated carbocycles. The Morgan fingerprint density at radius 2 is 2.14 bits per heavy atom. The van der Waals surface area contributed by atoms with Gasteiger partial charge in [0.15, 0.2) is 0 Å². The highest BCUT2D eigenvalue weighted by Crippen LogP contribution is 2.26. The Kier molecular flexibility index (Phi) is 3.67. The maximum atomic E-state index is 11.3. The average Bonchev–Trinajstić information content (AvgIpc) is 2.19. The molecule has 0 aliphatic rings. The predicted molar refractivity (Wildman–Crippen MR) is 57.9 cm³/mol. The summed E-state index contributed by atoms with van der Waals surface area (Å²) in [5, 5.41) is 8.77. The molecule has 0 aromatic heterocycles. The monoisotopic (exact) mass is 317 g/mol. The van der Waals surface area contributed by atoms with Gasteiger partial charge in [0.25, 0.3) is 0 Å². The summed E-state index contributed by atoms with van der Waals surface area (Å²) in [5.41, 5.74) is 0.721. The van der Waals surface area contributed by atoms with E-state index in [1.165, 1.54) is 7.11 Å². The highest BCUT2D eigenvalue weighted by atomic mass is 79.9. The molecular weight excluding hydrogens is 314 g/mol. The van der Waals surface area contributed by atoms with Crippen molar-refractivity contribution >= 4 is 37.8 Å². The van der Waals surface area contributed by atoms with E-state index in [4.69, 9.17) is 5.26 Å². The van der Waals surface area contributed by atoms with E-state index in [1.807, 2.05) is 6.07 Å². The molecule has 1 rings (SSSR count). The first-order chi connectivity index (χ1) is 6.60. The summed E-state index contributed by atoms with van der Waals surface area (Å²) in [6.07, 6.45) is 0. The fraction of sp³-hybridized carbons (Fsp3) is 0.111. The number of ether oxygens (including phenoxy) is 1. The van der Waals surface area contributed by atoms with Crippen LogP contribution in [-0.2, 0) is 4.74 Å². The highest BCUT2D eigenvalue weighted by molar-refractivity contribution is 9.11. The molecule has 5 heteroatoms. The second-order valence-corrected chi connectivity index (χ2v) is 4.13. The van der Waals surface area contributed by atoms with Gasteiger partial charge in [-0.15, -0.1) is 0 Å². The molecule has 3 nitrogen and oxygen atoms in total. The van der Waals surface area contributed by atoms with E-state index in [9.17, 15) is 4.79 Å². The molecule has 1 aromatic carbocycles. The lowest BCUT2D eigenvalue weighted by Gasteiger charge is -2.04. The van der Waals surface area contributed by atoms with Crippen LogP contribution in [0.3, 0.4) is 0 Å². The van der Waals surface area contributed by atoms with E-state index >= 15 is 0 Å². The Bertz CT molecular complexity index is 424. The van der Waals surface area contributed by atoms with E-state index in [1.54, 1.807) is 12.1 Å². The van der Waals surface area contributed by atoms with Gasteiger partial charge in [0.05, 0.1) is 18.2 Å². The molecule has 0 fully saturated rings. The first kappa shape index (κ1) is 11.2. The van der Waals surface area contributed by atoms with Crippen molar-refractivity contribution < 1.29 is 9.53 Å². The molecule has 0 spiro atoms. The van der Waals surface area contributed by atoms with Crippen molar-refractivity contribution in [3.8, 4) is 6.07 Å². The van der Waals surface area contributed by atoms with Crippen LogP contribution in [-0.4, -0.2) is 13.1 Å². The quantitative estimate of drug-likeness (QED) is 0.748. The summed E-state index contributed by atoms with van der Waals surface area (Å²) >= 11 is 6.38. The van der Waals surface area contributed by atoms with E-state index in [-0.39, 0.29) is 0 Å². The van der Waals surface area contributed by atoms with Gasteiger partial charge in [0.2, 0.25) is 0 Å². The molecule has 0 bridgehead atoms. The molecule has 72 valence electrons. The van der Waals surface area contributed by atoms with E-state index in [2.05, 4.69) is 36.6 Å². The van der Waals surface area contributed by atoms with Crippen LogP contribution in [0.5, 0.6) is 0 Å². The Morgan fingerprint density at radius 1 is 1.50 bits per heavy atom. The van der Waals surface area contributed by atoms with Crippen LogP contribution in [0.2, 0.25) is 0 Å². The minimum absolute atomic E-state index is 0.332. The number of methoxy groups -OCH3 is 1. The third-order valence-electron chi connectivity index (χ3n) is 1.56. The maximum absolute atomic E-state index is 11.3. The lowest BCUT2D eigenvalue weighted by molar-refractivity contribution is 0.0599. The number of nitriles is 1. The molecule has 0 heterocycles. The lowest BCUT2D eigenvalue weighted by Crippen LogP contribution is -2.03. The van der Waals surface area contributed by atoms with E-state index in [0.717, 1.165) is 0 Å². The number of rotatable bonds is 1. The van der Waals surface area contributed by atoms with Crippen LogP contribution in [0.4, 0.5) is 0 Å². The summed E-state index contributed by atoms with van der Waals surface area (Å²) in [7, 11) is 1.29. The topological polar surface area (TPSA) is 50.1 Å². The van der Waals surface area contributed by atoms with Crippen molar-refractivity contribution in [3.63, 3.8) is 0 Å². The van der Waals surface area contributed by atoms with Gasteiger partial charge in [-0.2, -0.15) is 5.26 Å². The number of halogens is 2. The average molecular weight is 319 g/mol. The van der Waals surface area contributed by atoms with Gasteiger partial charge in [-0.1, -0.05) is 15.9 Å². The van der Waals surface area contributed by atoms with Crippen molar-refractivity contribution in [2.24, 2.45) is 0 Å². The SMILES string of the molecule is COC(=O)c1cc(Br)cc(C#N)c1Br. The highest BCUT2D eigenvalue weighted by Gasteiger charge is 2.14. The molecule has 0 unspecified atom stereocenters. The van der Waals surface area contributed by atoms with Crippen molar-refractivity contribution in [3.05, 3.63) is 32.2 Å². The lowest BCUT2D eigenvalue weighted by atomic mass is 10.1. The summed E-state index contributed by atoms with van der Waals surface area (Å²) < 4.78 is 5.69. The zero-order valence-corrected chi connectivity index (χ0v) is 10.3. The van der Waals surface area contributed by atoms with Crippen LogP contribution < -0.4 is 0 Å². The molecule has 0 radical (unpaired) electrons. The molecule has 0 N–H and O–H groups in total. The first-order valence-corrected chi connectivity index (χ1v) is 5.16. The van der Waals surface area contributed by atoms with Crippen molar-refractivity contribution in [1.82, 2.24) is 0 Å². The first-order valence-electron chi connectivity index (χ1n) is 3.57. The number of carbonyl (C=O) groups excluding carboxylic acids is 1. The van der Waals surface area contributed by atoms with Gasteiger partial charge >= 0.3 is 5.97 Å². The normalized spacial score (nSPS) is 9.29.